The third-order valence-corrected chi connectivity index (χ3v) is 2.72. The van der Waals surface area contributed by atoms with Crippen LogP contribution in [0.4, 0.5) is 14.5 Å². The predicted octanol–water partition coefficient (Wildman–Crippen LogP) is 4.30. The Morgan fingerprint density at radius 2 is 1.83 bits per heavy atom. The Morgan fingerprint density at radius 1 is 1.17 bits per heavy atom. The van der Waals surface area contributed by atoms with Gasteiger partial charge in [0.05, 0.1) is 10.7 Å². The molecule has 2 aromatic carbocycles. The predicted molar refractivity (Wildman–Crippen MR) is 67.0 cm³/mol. The number of aryl methyl sites for hydroxylation is 1. The molecule has 0 amide bonds. The highest BCUT2D eigenvalue weighted by Gasteiger charge is 2.12. The molecule has 0 spiro atoms. The van der Waals surface area contributed by atoms with Crippen LogP contribution in [-0.2, 0) is 0 Å². The number of hydrogen-bond donors (Lipinski definition) is 1. The van der Waals surface area contributed by atoms with Gasteiger partial charge < -0.3 is 10.5 Å². The number of halogens is 3. The maximum Gasteiger partial charge on any atom is 0.168 e. The summed E-state index contributed by atoms with van der Waals surface area (Å²) < 4.78 is 31.6. The molecule has 18 heavy (non-hydrogen) atoms. The number of anilines is 1. The van der Waals surface area contributed by atoms with E-state index in [-0.39, 0.29) is 11.5 Å². The van der Waals surface area contributed by atoms with Crippen molar-refractivity contribution in [3.05, 3.63) is 52.6 Å². The molecule has 0 saturated carbocycles. The van der Waals surface area contributed by atoms with E-state index in [0.29, 0.717) is 16.3 Å². The van der Waals surface area contributed by atoms with Crippen molar-refractivity contribution in [2.45, 2.75) is 6.92 Å². The zero-order valence-corrected chi connectivity index (χ0v) is 10.3. The lowest BCUT2D eigenvalue weighted by atomic mass is 10.2. The molecule has 0 fully saturated rings. The van der Waals surface area contributed by atoms with Gasteiger partial charge in [-0.05, 0) is 30.7 Å². The van der Waals surface area contributed by atoms with Crippen molar-refractivity contribution in [3.63, 3.8) is 0 Å². The van der Waals surface area contributed by atoms with Crippen molar-refractivity contribution in [3.8, 4) is 11.5 Å². The first kappa shape index (κ1) is 12.6. The van der Waals surface area contributed by atoms with E-state index in [1.807, 2.05) is 0 Å². The summed E-state index contributed by atoms with van der Waals surface area (Å²) in [7, 11) is 0. The summed E-state index contributed by atoms with van der Waals surface area (Å²) in [5.74, 6) is -1.50. The Labute approximate surface area is 108 Å². The minimum Gasteiger partial charge on any atom is -0.453 e. The summed E-state index contributed by atoms with van der Waals surface area (Å²) >= 11 is 5.93. The van der Waals surface area contributed by atoms with Gasteiger partial charge in [0, 0.05) is 6.07 Å². The molecule has 0 aromatic heterocycles. The highest BCUT2D eigenvalue weighted by atomic mass is 35.5. The van der Waals surface area contributed by atoms with E-state index in [4.69, 9.17) is 22.1 Å². The van der Waals surface area contributed by atoms with E-state index in [2.05, 4.69) is 0 Å². The SMILES string of the molecule is Cc1cc(F)c(F)cc1Oc1c(N)cccc1Cl. The van der Waals surface area contributed by atoms with Gasteiger partial charge in [-0.15, -0.1) is 0 Å². The molecule has 0 heterocycles. The van der Waals surface area contributed by atoms with Crippen LogP contribution in [0.3, 0.4) is 0 Å². The Hall–Kier alpha value is -1.81. The number of para-hydroxylation sites is 1. The van der Waals surface area contributed by atoms with Crippen molar-refractivity contribution in [1.82, 2.24) is 0 Å². The van der Waals surface area contributed by atoms with Crippen molar-refractivity contribution in [2.75, 3.05) is 5.73 Å². The van der Waals surface area contributed by atoms with Gasteiger partial charge in [0.15, 0.2) is 17.4 Å². The summed E-state index contributed by atoms with van der Waals surface area (Å²) in [5, 5.41) is 0.305. The molecule has 0 saturated heterocycles. The van der Waals surface area contributed by atoms with E-state index in [1.54, 1.807) is 25.1 Å². The lowest BCUT2D eigenvalue weighted by Crippen LogP contribution is -1.96. The maximum atomic E-state index is 13.1. The van der Waals surface area contributed by atoms with E-state index >= 15 is 0 Å². The molecule has 2 aromatic rings. The Bertz CT molecular complexity index is 582. The summed E-state index contributed by atoms with van der Waals surface area (Å²) in [6.07, 6.45) is 0. The smallest absolute Gasteiger partial charge is 0.168 e. The topological polar surface area (TPSA) is 35.2 Å². The third-order valence-electron chi connectivity index (χ3n) is 2.43. The van der Waals surface area contributed by atoms with Gasteiger partial charge in [0.25, 0.3) is 0 Å². The third kappa shape index (κ3) is 2.38. The highest BCUT2D eigenvalue weighted by molar-refractivity contribution is 6.32. The number of nitrogens with two attached hydrogens (primary N) is 1. The van der Waals surface area contributed by atoms with Gasteiger partial charge in [-0.3, -0.25) is 0 Å². The minimum absolute atomic E-state index is 0.175. The van der Waals surface area contributed by atoms with Gasteiger partial charge in [-0.25, -0.2) is 8.78 Å². The van der Waals surface area contributed by atoms with Crippen LogP contribution in [-0.4, -0.2) is 0 Å². The molecule has 0 unspecified atom stereocenters. The normalized spacial score (nSPS) is 10.4. The van der Waals surface area contributed by atoms with Crippen molar-refractivity contribution >= 4 is 17.3 Å². The fourth-order valence-electron chi connectivity index (χ4n) is 1.48. The molecule has 0 radical (unpaired) electrons. The highest BCUT2D eigenvalue weighted by Crippen LogP contribution is 2.36. The standard InChI is InChI=1S/C13H10ClF2NO/c1-7-5-9(15)10(16)6-12(7)18-13-8(14)3-2-4-11(13)17/h2-6H,17H2,1H3. The van der Waals surface area contributed by atoms with Gasteiger partial charge in [-0.2, -0.15) is 0 Å². The monoisotopic (exact) mass is 269 g/mol. The van der Waals surface area contributed by atoms with Crippen LogP contribution in [0.25, 0.3) is 0 Å². The van der Waals surface area contributed by atoms with Crippen LogP contribution >= 0.6 is 11.6 Å². The second kappa shape index (κ2) is 4.82. The number of ether oxygens (including phenoxy) is 1. The van der Waals surface area contributed by atoms with Crippen LogP contribution in [0.2, 0.25) is 5.02 Å². The van der Waals surface area contributed by atoms with Crippen LogP contribution in [0.5, 0.6) is 11.5 Å². The lowest BCUT2D eigenvalue weighted by molar-refractivity contribution is 0.459. The summed E-state index contributed by atoms with van der Waals surface area (Å²) in [6.45, 7) is 1.60. The quantitative estimate of drug-likeness (QED) is 0.825. The van der Waals surface area contributed by atoms with Crippen molar-refractivity contribution in [1.29, 1.82) is 0 Å². The van der Waals surface area contributed by atoms with Gasteiger partial charge >= 0.3 is 0 Å². The van der Waals surface area contributed by atoms with Gasteiger partial charge in [0.2, 0.25) is 0 Å². The van der Waals surface area contributed by atoms with Crippen LogP contribution in [0.15, 0.2) is 30.3 Å². The zero-order valence-electron chi connectivity index (χ0n) is 9.51. The molecule has 5 heteroatoms. The number of nitrogen functional groups attached to an aromatic ring is 1. The molecule has 2 nitrogen and oxygen atoms in total. The molecule has 2 N–H and O–H groups in total. The second-order valence-electron chi connectivity index (χ2n) is 3.79. The first-order chi connectivity index (χ1) is 8.49. The zero-order chi connectivity index (χ0) is 13.3. The van der Waals surface area contributed by atoms with Crippen LogP contribution in [0, 0.1) is 18.6 Å². The molecule has 94 valence electrons. The van der Waals surface area contributed by atoms with Crippen LogP contribution in [0.1, 0.15) is 5.56 Å². The van der Waals surface area contributed by atoms with E-state index in [1.165, 1.54) is 0 Å². The van der Waals surface area contributed by atoms with Crippen molar-refractivity contribution < 1.29 is 13.5 Å². The fourth-order valence-corrected chi connectivity index (χ4v) is 1.70. The summed E-state index contributed by atoms with van der Waals surface area (Å²) in [6, 6.07) is 6.90. The number of benzene rings is 2. The molecular formula is C13H10ClF2NO. The molecule has 0 aliphatic heterocycles. The van der Waals surface area contributed by atoms with E-state index in [9.17, 15) is 8.78 Å². The Balaban J connectivity index is 2.43. The number of hydrogen-bond acceptors (Lipinski definition) is 2. The van der Waals surface area contributed by atoms with E-state index in [0.717, 1.165) is 12.1 Å². The van der Waals surface area contributed by atoms with Crippen molar-refractivity contribution in [2.24, 2.45) is 0 Å². The average Bonchev–Trinajstić information content (AvgIpc) is 2.30. The maximum absolute atomic E-state index is 13.1. The van der Waals surface area contributed by atoms with E-state index < -0.39 is 11.6 Å². The summed E-state index contributed by atoms with van der Waals surface area (Å²) in [5.41, 5.74) is 6.49. The fraction of sp³-hybridized carbons (Fsp3) is 0.0769. The second-order valence-corrected chi connectivity index (χ2v) is 4.20. The average molecular weight is 270 g/mol. The van der Waals surface area contributed by atoms with Gasteiger partial charge in [0.1, 0.15) is 5.75 Å². The molecule has 2 rings (SSSR count). The van der Waals surface area contributed by atoms with Crippen LogP contribution < -0.4 is 10.5 Å². The molecule has 0 aliphatic rings. The lowest BCUT2D eigenvalue weighted by Gasteiger charge is -2.12. The Morgan fingerprint density at radius 3 is 2.50 bits per heavy atom. The molecular weight excluding hydrogens is 260 g/mol. The number of rotatable bonds is 2. The first-order valence-electron chi connectivity index (χ1n) is 5.16. The molecule has 0 aliphatic carbocycles. The van der Waals surface area contributed by atoms with Gasteiger partial charge in [-0.1, -0.05) is 17.7 Å². The summed E-state index contributed by atoms with van der Waals surface area (Å²) in [4.78, 5) is 0. The Kier molecular flexibility index (Phi) is 3.39. The first-order valence-corrected chi connectivity index (χ1v) is 5.54. The largest absolute Gasteiger partial charge is 0.453 e. The molecule has 0 atom stereocenters. The molecule has 0 bridgehead atoms. The minimum atomic E-state index is -0.985.